The van der Waals surface area contributed by atoms with Gasteiger partial charge in [0.2, 0.25) is 15.3 Å². The number of fused-ring (bicyclic) bond motifs is 4. The molecule has 1 spiro atoms. The van der Waals surface area contributed by atoms with E-state index in [0.717, 1.165) is 37.8 Å². The predicted octanol–water partition coefficient (Wildman–Crippen LogP) is 6.16. The number of rotatable bonds is 1. The van der Waals surface area contributed by atoms with Crippen molar-refractivity contribution in [2.75, 3.05) is 24.6 Å². The average Bonchev–Trinajstić information content (AvgIpc) is 3.29. The van der Waals surface area contributed by atoms with Crippen LogP contribution in [-0.2, 0) is 34.5 Å². The molecule has 12 heteroatoms. The minimum absolute atomic E-state index is 0.0896. The Morgan fingerprint density at radius 2 is 1.94 bits per heavy atom. The van der Waals surface area contributed by atoms with Crippen molar-refractivity contribution in [1.29, 1.82) is 0 Å². The van der Waals surface area contributed by atoms with Crippen LogP contribution in [0.15, 0.2) is 54.7 Å². The normalized spacial score (nSPS) is 32.2. The van der Waals surface area contributed by atoms with Crippen molar-refractivity contribution in [3.63, 3.8) is 0 Å². The van der Waals surface area contributed by atoms with E-state index in [1.807, 2.05) is 19.1 Å². The van der Waals surface area contributed by atoms with Gasteiger partial charge in [0.25, 0.3) is 5.91 Å². The van der Waals surface area contributed by atoms with Crippen molar-refractivity contribution in [3.05, 3.63) is 87.4 Å². The summed E-state index contributed by atoms with van der Waals surface area (Å²) in [5, 5.41) is 12.7. The number of nitrogens with one attached hydrogen (secondary N) is 1. The van der Waals surface area contributed by atoms with E-state index in [1.54, 1.807) is 49.0 Å². The van der Waals surface area contributed by atoms with Gasteiger partial charge in [-0.1, -0.05) is 36.7 Å². The zero-order valence-electron chi connectivity index (χ0n) is 27.5. The number of allylic oxidation sites excluding steroid dienone is 1. The van der Waals surface area contributed by atoms with Crippen molar-refractivity contribution in [2.24, 2.45) is 24.8 Å². The van der Waals surface area contributed by atoms with Crippen LogP contribution in [0, 0.1) is 17.8 Å². The zero-order valence-corrected chi connectivity index (χ0v) is 29.8. The number of hydrogen-bond acceptors (Lipinski definition) is 7. The highest BCUT2D eigenvalue weighted by atomic mass is 35.5. The molecule has 48 heavy (non-hydrogen) atoms. The topological polar surface area (TPSA) is 114 Å². The molecule has 7 rings (SSSR count). The number of nitrogens with zero attached hydrogens (tertiary/aromatic N) is 3. The van der Waals surface area contributed by atoms with Gasteiger partial charge in [-0.2, -0.15) is 0 Å². The summed E-state index contributed by atoms with van der Waals surface area (Å²) in [5.74, 6) is -0.430. The predicted molar refractivity (Wildman–Crippen MR) is 187 cm³/mol. The van der Waals surface area contributed by atoms with Gasteiger partial charge in [0.05, 0.1) is 29.4 Å². The number of aryl methyl sites for hydroxylation is 1. The van der Waals surface area contributed by atoms with Crippen LogP contribution in [0.4, 0.5) is 5.69 Å². The summed E-state index contributed by atoms with van der Waals surface area (Å²) < 4.78 is 37.5. The van der Waals surface area contributed by atoms with E-state index in [2.05, 4.69) is 26.7 Å². The number of amides is 1. The molecule has 4 aliphatic rings. The van der Waals surface area contributed by atoms with Gasteiger partial charge in [0.1, 0.15) is 11.4 Å². The lowest BCUT2D eigenvalue weighted by Crippen LogP contribution is -2.52. The number of carbonyl (C=O) groups is 1. The Morgan fingerprint density at radius 1 is 1.12 bits per heavy atom. The smallest absolute Gasteiger partial charge is 0.264 e. The first kappa shape index (κ1) is 33.4. The SMILES string of the molecule is C[C@@H]1[C@@H](C)C/C=C/[C@@](O)(c2cnc(Cl)n2C)[C@@H]2CC[C@H]2CN2C[C@@]3(CCCc4cc(Cl)ccc43)COc3ccc(cc32)C(=O)NS1(=O)=O. The third-order valence-electron chi connectivity index (χ3n) is 11.5. The fourth-order valence-corrected chi connectivity index (χ4v) is 9.92. The quantitative estimate of drug-likeness (QED) is 0.291. The summed E-state index contributed by atoms with van der Waals surface area (Å²) >= 11 is 12.8. The Bertz CT molecular complexity index is 1900. The largest absolute Gasteiger partial charge is 0.490 e. The molecule has 2 bridgehead atoms. The standard InChI is InChI=1S/C36H42Cl2N4O5S/c1-22-6-4-15-36(44,32-18-39-34(38)41(32)3)29-11-8-26(29)19-42-20-35(14-5-7-24-16-27(37)10-12-28(24)35)21-47-31-13-9-25(17-30(31)42)33(43)40-48(45,46)23(22)2/h4,9-10,12-13,15-18,22-23,26,29,44H,5-8,11,14,19-21H2,1-3H3,(H,40,43)/b15-4+/t22-,23+,26-,29+,35-,36-/m0/s1. The number of carbonyl (C=O) groups excluding carboxylic acids is 1. The van der Waals surface area contributed by atoms with Crippen LogP contribution in [0.5, 0.6) is 5.75 Å². The summed E-state index contributed by atoms with van der Waals surface area (Å²) in [6.07, 6.45) is 10.2. The van der Waals surface area contributed by atoms with Crippen molar-refractivity contribution in [3.8, 4) is 5.75 Å². The first-order valence-electron chi connectivity index (χ1n) is 16.8. The molecule has 2 aliphatic heterocycles. The Labute approximate surface area is 292 Å². The second-order valence-corrected chi connectivity index (χ2v) is 17.1. The first-order chi connectivity index (χ1) is 22.8. The van der Waals surface area contributed by atoms with E-state index in [0.29, 0.717) is 42.6 Å². The van der Waals surface area contributed by atoms with E-state index in [1.165, 1.54) is 11.1 Å². The Morgan fingerprint density at radius 3 is 2.67 bits per heavy atom. The molecule has 0 radical (unpaired) electrons. The van der Waals surface area contributed by atoms with E-state index in [-0.39, 0.29) is 34.0 Å². The van der Waals surface area contributed by atoms with Gasteiger partial charge in [-0.3, -0.25) is 4.79 Å². The van der Waals surface area contributed by atoms with Crippen molar-refractivity contribution in [2.45, 2.75) is 68.6 Å². The maximum Gasteiger partial charge on any atom is 0.264 e. The monoisotopic (exact) mass is 712 g/mol. The van der Waals surface area contributed by atoms with Crippen molar-refractivity contribution in [1.82, 2.24) is 14.3 Å². The lowest BCUT2D eigenvalue weighted by atomic mass is 9.63. The van der Waals surface area contributed by atoms with Crippen LogP contribution in [-0.4, -0.2) is 53.9 Å². The summed E-state index contributed by atoms with van der Waals surface area (Å²) in [5.41, 5.74) is 2.30. The molecule has 256 valence electrons. The molecule has 9 nitrogen and oxygen atoms in total. The summed E-state index contributed by atoms with van der Waals surface area (Å²) in [6, 6.07) is 11.3. The van der Waals surface area contributed by atoms with Crippen LogP contribution in [0.25, 0.3) is 0 Å². The number of benzene rings is 2. The van der Waals surface area contributed by atoms with Crippen molar-refractivity contribution < 1.29 is 23.1 Å². The summed E-state index contributed by atoms with van der Waals surface area (Å²) in [6.45, 7) is 5.12. The number of ether oxygens (including phenoxy) is 1. The highest BCUT2D eigenvalue weighted by molar-refractivity contribution is 7.90. The number of anilines is 1. The molecule has 2 aromatic carbocycles. The molecular weight excluding hydrogens is 671 g/mol. The summed E-state index contributed by atoms with van der Waals surface area (Å²) in [7, 11) is -2.22. The molecule has 2 N–H and O–H groups in total. The second-order valence-electron chi connectivity index (χ2n) is 14.3. The van der Waals surface area contributed by atoms with Crippen LogP contribution in [0.1, 0.15) is 73.1 Å². The van der Waals surface area contributed by atoms with Gasteiger partial charge in [-0.25, -0.2) is 18.1 Å². The average molecular weight is 714 g/mol. The molecule has 2 aliphatic carbocycles. The van der Waals surface area contributed by atoms with E-state index < -0.39 is 26.8 Å². The van der Waals surface area contributed by atoms with Gasteiger partial charge in [-0.05, 0) is 110 Å². The number of aliphatic hydroxyl groups is 1. The lowest BCUT2D eigenvalue weighted by molar-refractivity contribution is -0.0546. The van der Waals surface area contributed by atoms with Crippen LogP contribution in [0.2, 0.25) is 10.3 Å². The van der Waals surface area contributed by atoms with Gasteiger partial charge >= 0.3 is 0 Å². The molecule has 3 aromatic rings. The molecule has 3 heterocycles. The second kappa shape index (κ2) is 12.4. The number of aromatic nitrogens is 2. The van der Waals surface area contributed by atoms with E-state index >= 15 is 0 Å². The van der Waals surface area contributed by atoms with Gasteiger partial charge in [0.15, 0.2) is 0 Å². The summed E-state index contributed by atoms with van der Waals surface area (Å²) in [4.78, 5) is 20.1. The van der Waals surface area contributed by atoms with Crippen LogP contribution < -0.4 is 14.4 Å². The van der Waals surface area contributed by atoms with Gasteiger partial charge in [-0.15, -0.1) is 0 Å². The molecule has 6 atom stereocenters. The first-order valence-corrected chi connectivity index (χ1v) is 19.1. The fourth-order valence-electron chi connectivity index (χ4n) is 8.30. The number of imidazole rings is 1. The molecule has 1 saturated carbocycles. The highest BCUT2D eigenvalue weighted by Crippen LogP contribution is 2.51. The van der Waals surface area contributed by atoms with E-state index in [9.17, 15) is 18.3 Å². The highest BCUT2D eigenvalue weighted by Gasteiger charge is 2.50. The Kier molecular flexibility index (Phi) is 8.62. The molecule has 1 aromatic heterocycles. The maximum absolute atomic E-state index is 13.5. The zero-order chi connectivity index (χ0) is 34.0. The van der Waals surface area contributed by atoms with Crippen LogP contribution >= 0.6 is 23.2 Å². The van der Waals surface area contributed by atoms with Crippen molar-refractivity contribution >= 4 is 44.8 Å². The molecule has 1 amide bonds. The fraction of sp³-hybridized carbons (Fsp3) is 0.500. The maximum atomic E-state index is 13.5. The third kappa shape index (κ3) is 5.72. The molecule has 0 unspecified atom stereocenters. The van der Waals surface area contributed by atoms with Gasteiger partial charge < -0.3 is 19.3 Å². The number of sulfonamides is 1. The van der Waals surface area contributed by atoms with Gasteiger partial charge in [0, 0.05) is 42.1 Å². The third-order valence-corrected chi connectivity index (χ3v) is 14.0. The minimum Gasteiger partial charge on any atom is -0.490 e. The number of halogens is 2. The van der Waals surface area contributed by atoms with Crippen LogP contribution in [0.3, 0.4) is 0 Å². The molecular formula is C36H42Cl2N4O5S. The lowest BCUT2D eigenvalue weighted by Gasteiger charge is -2.49. The Hall–Kier alpha value is -3.05. The molecule has 1 fully saturated rings. The molecule has 0 saturated heterocycles. The number of hydrogen-bond donors (Lipinski definition) is 2. The Balaban J connectivity index is 1.36. The van der Waals surface area contributed by atoms with E-state index in [4.69, 9.17) is 27.9 Å². The minimum atomic E-state index is -4.01.